The largest absolute Gasteiger partial charge is 0.455 e. The van der Waals surface area contributed by atoms with E-state index in [2.05, 4.69) is 241 Å². The average Bonchev–Trinajstić information content (AvgIpc) is 4.38. The summed E-state index contributed by atoms with van der Waals surface area (Å²) in [5, 5.41) is 9.82. The minimum absolute atomic E-state index is 0. The van der Waals surface area contributed by atoms with Crippen LogP contribution >= 0.6 is 0 Å². The molecule has 0 aliphatic heterocycles. The molecule has 13 aromatic rings. The van der Waals surface area contributed by atoms with E-state index in [9.17, 15) is 0 Å². The number of hydrogen-bond donors (Lipinski definition) is 0. The normalized spacial score (nSPS) is 14.9. The van der Waals surface area contributed by atoms with Gasteiger partial charge in [-0.15, -0.1) is 0 Å². The molecule has 1 fully saturated rings. The van der Waals surface area contributed by atoms with Crippen LogP contribution < -0.4 is 4.90 Å². The Bertz CT molecular complexity index is 4520. The van der Waals surface area contributed by atoms with Crippen LogP contribution in [0.2, 0.25) is 0 Å². The quantitative estimate of drug-likeness (QED) is 0.163. The minimum Gasteiger partial charge on any atom is -0.455 e. The van der Waals surface area contributed by atoms with Gasteiger partial charge >= 0.3 is 0 Å². The van der Waals surface area contributed by atoms with Gasteiger partial charge in [0.1, 0.15) is 11.2 Å². The van der Waals surface area contributed by atoms with Gasteiger partial charge in [-0.05, 0) is 143 Å². The van der Waals surface area contributed by atoms with Crippen molar-refractivity contribution in [3.63, 3.8) is 0 Å². The van der Waals surface area contributed by atoms with Crippen LogP contribution in [0, 0.1) is 0 Å². The maximum atomic E-state index is 7.08. The van der Waals surface area contributed by atoms with Crippen LogP contribution in [0.1, 0.15) is 72.9 Å². The first-order chi connectivity index (χ1) is 37.2. The lowest BCUT2D eigenvalue weighted by Gasteiger charge is -2.36. The number of para-hydroxylation sites is 2. The molecule has 17 rings (SSSR count). The molecule has 4 aliphatic rings. The third kappa shape index (κ3) is 5.56. The van der Waals surface area contributed by atoms with Crippen LogP contribution in [0.25, 0.3) is 98.8 Å². The second kappa shape index (κ2) is 16.0. The smallest absolute Gasteiger partial charge is 0.143 e. The Kier molecular flexibility index (Phi) is 9.15. The standard InChI is InChI=1S/C73H49NO.CH4/c1-16-40-72(41-17-1)61-31-11-9-28-57(61)70-65(72)35-19-36-67(70)74(45-38-39-50-48-22-3-2-20-46(48)47-21-4-5-23-49(47)58(50)42-45)68-44-66-59(43-60(68)56-30-18-29-55-54-27-10-15-37-69(54)75-71(55)56)53-26-8-14-34-64(53)73(66)62-32-12-6-24-51(62)52-25-7-13-33-63(52)73;/h2-15,18-39,42-44H,1,16-17,40-41H2;1H4. The van der Waals surface area contributed by atoms with Gasteiger partial charge in [0.25, 0.3) is 0 Å². The summed E-state index contributed by atoms with van der Waals surface area (Å²) < 4.78 is 7.08. The van der Waals surface area contributed by atoms with Gasteiger partial charge < -0.3 is 9.32 Å². The highest BCUT2D eigenvalue weighted by molar-refractivity contribution is 6.26. The Labute approximate surface area is 443 Å². The topological polar surface area (TPSA) is 16.4 Å². The molecular weight excluding hydrogens is 919 g/mol. The number of hydrogen-bond acceptors (Lipinski definition) is 2. The van der Waals surface area contributed by atoms with Crippen molar-refractivity contribution in [2.75, 3.05) is 4.90 Å². The molecule has 0 saturated heterocycles. The van der Waals surface area contributed by atoms with E-state index < -0.39 is 5.41 Å². The Hall–Kier alpha value is -8.98. The van der Waals surface area contributed by atoms with Gasteiger partial charge in [0.05, 0.1) is 16.8 Å². The highest BCUT2D eigenvalue weighted by atomic mass is 16.3. The summed E-state index contributed by atoms with van der Waals surface area (Å²) in [5.41, 5.74) is 22.9. The van der Waals surface area contributed by atoms with Gasteiger partial charge in [0.2, 0.25) is 0 Å². The SMILES string of the molecule is C.c1ccc2c(c1)-c1c(N(c3ccc4c5ccccc5c5ccccc5c4c3)c3cc4c(cc3-c3cccc5c3oc3ccccc35)-c3ccccc3C43c4ccccc4-c4ccccc43)cccc1C21CCCCC1. The van der Waals surface area contributed by atoms with Crippen LogP contribution in [-0.4, -0.2) is 0 Å². The lowest BCUT2D eigenvalue weighted by molar-refractivity contribution is 0.353. The molecule has 1 aromatic heterocycles. The molecule has 360 valence electrons. The zero-order valence-corrected chi connectivity index (χ0v) is 41.4. The summed E-state index contributed by atoms with van der Waals surface area (Å²) in [6.45, 7) is 0. The molecule has 0 amide bonds. The van der Waals surface area contributed by atoms with Gasteiger partial charge in [-0.1, -0.05) is 227 Å². The highest BCUT2D eigenvalue weighted by Gasteiger charge is 2.52. The van der Waals surface area contributed by atoms with E-state index in [1.165, 1.54) is 124 Å². The van der Waals surface area contributed by atoms with Crippen LogP contribution in [-0.2, 0) is 10.8 Å². The Morgan fingerprint density at radius 1 is 0.316 bits per heavy atom. The fourth-order valence-corrected chi connectivity index (χ4v) is 15.3. The maximum Gasteiger partial charge on any atom is 0.143 e. The van der Waals surface area contributed by atoms with Gasteiger partial charge in [-0.3, -0.25) is 0 Å². The zero-order valence-electron chi connectivity index (χ0n) is 41.4. The maximum absolute atomic E-state index is 7.08. The molecule has 2 heteroatoms. The van der Waals surface area contributed by atoms with Crippen molar-refractivity contribution in [2.24, 2.45) is 0 Å². The second-order valence-electron chi connectivity index (χ2n) is 21.6. The van der Waals surface area contributed by atoms with Gasteiger partial charge in [0, 0.05) is 38.6 Å². The molecule has 0 bridgehead atoms. The predicted octanol–water partition coefficient (Wildman–Crippen LogP) is 20.4. The number of benzene rings is 12. The third-order valence-electron chi connectivity index (χ3n) is 18.3. The summed E-state index contributed by atoms with van der Waals surface area (Å²) >= 11 is 0. The third-order valence-corrected chi connectivity index (χ3v) is 18.3. The second-order valence-corrected chi connectivity index (χ2v) is 21.6. The van der Waals surface area contributed by atoms with E-state index in [-0.39, 0.29) is 12.8 Å². The van der Waals surface area contributed by atoms with Crippen LogP contribution in [0.15, 0.2) is 241 Å². The van der Waals surface area contributed by atoms with Crippen molar-refractivity contribution in [1.82, 2.24) is 0 Å². The molecule has 1 saturated carbocycles. The van der Waals surface area contributed by atoms with E-state index in [0.29, 0.717) is 0 Å². The molecule has 0 atom stereocenters. The Balaban J connectivity index is 0.00000487. The molecule has 4 aliphatic carbocycles. The lowest BCUT2D eigenvalue weighted by atomic mass is 9.68. The Morgan fingerprint density at radius 3 is 1.49 bits per heavy atom. The van der Waals surface area contributed by atoms with E-state index in [0.717, 1.165) is 57.3 Å². The number of fused-ring (bicyclic) bond motifs is 24. The molecule has 0 unspecified atom stereocenters. The van der Waals surface area contributed by atoms with Crippen molar-refractivity contribution in [3.8, 4) is 44.5 Å². The van der Waals surface area contributed by atoms with E-state index in [4.69, 9.17) is 4.42 Å². The highest BCUT2D eigenvalue weighted by Crippen LogP contribution is 2.66. The van der Waals surface area contributed by atoms with Crippen molar-refractivity contribution < 1.29 is 4.42 Å². The number of anilines is 3. The monoisotopic (exact) mass is 971 g/mol. The van der Waals surface area contributed by atoms with Crippen LogP contribution in [0.4, 0.5) is 17.1 Å². The minimum atomic E-state index is -0.556. The van der Waals surface area contributed by atoms with Crippen LogP contribution in [0.3, 0.4) is 0 Å². The number of furan rings is 1. The Morgan fingerprint density at radius 2 is 0.816 bits per heavy atom. The van der Waals surface area contributed by atoms with Crippen molar-refractivity contribution in [3.05, 3.63) is 270 Å². The molecule has 0 radical (unpaired) electrons. The first-order valence-corrected chi connectivity index (χ1v) is 27.0. The molecule has 2 nitrogen and oxygen atoms in total. The summed E-state index contributed by atoms with van der Waals surface area (Å²) in [6, 6.07) is 89.9. The predicted molar refractivity (Wildman–Crippen MR) is 319 cm³/mol. The van der Waals surface area contributed by atoms with Gasteiger partial charge in [0.15, 0.2) is 0 Å². The summed E-state index contributed by atoms with van der Waals surface area (Å²) in [6.07, 6.45) is 6.07. The fourth-order valence-electron chi connectivity index (χ4n) is 15.3. The first kappa shape index (κ1) is 43.4. The summed E-state index contributed by atoms with van der Waals surface area (Å²) in [4.78, 5) is 2.67. The summed E-state index contributed by atoms with van der Waals surface area (Å²) in [7, 11) is 0. The van der Waals surface area contributed by atoms with Crippen molar-refractivity contribution >= 4 is 71.3 Å². The van der Waals surface area contributed by atoms with E-state index in [1.807, 2.05) is 0 Å². The van der Waals surface area contributed by atoms with Gasteiger partial charge in [-0.25, -0.2) is 0 Å². The molecule has 1 heterocycles. The van der Waals surface area contributed by atoms with Crippen molar-refractivity contribution in [2.45, 2.75) is 50.4 Å². The number of nitrogens with zero attached hydrogens (tertiary/aromatic N) is 1. The number of rotatable bonds is 4. The van der Waals surface area contributed by atoms with Crippen LogP contribution in [0.5, 0.6) is 0 Å². The van der Waals surface area contributed by atoms with Crippen molar-refractivity contribution in [1.29, 1.82) is 0 Å². The lowest BCUT2D eigenvalue weighted by Crippen LogP contribution is -2.28. The average molecular weight is 972 g/mol. The molecule has 12 aromatic carbocycles. The van der Waals surface area contributed by atoms with E-state index >= 15 is 0 Å². The van der Waals surface area contributed by atoms with Gasteiger partial charge in [-0.2, -0.15) is 0 Å². The molecule has 76 heavy (non-hydrogen) atoms. The zero-order chi connectivity index (χ0) is 49.0. The molecule has 0 N–H and O–H groups in total. The first-order valence-electron chi connectivity index (χ1n) is 27.0. The summed E-state index contributed by atoms with van der Waals surface area (Å²) in [5.74, 6) is 0. The molecule has 2 spiro atoms. The molecular formula is C74H53NO. The fraction of sp³-hybridized carbons (Fsp3) is 0.108. The van der Waals surface area contributed by atoms with E-state index in [1.54, 1.807) is 0 Å².